The van der Waals surface area contributed by atoms with Crippen molar-refractivity contribution in [2.24, 2.45) is 13.0 Å². The van der Waals surface area contributed by atoms with Crippen molar-refractivity contribution in [1.29, 1.82) is 0 Å². The predicted molar refractivity (Wildman–Crippen MR) is 88.2 cm³/mol. The van der Waals surface area contributed by atoms with Crippen LogP contribution in [0.15, 0.2) is 36.5 Å². The summed E-state index contributed by atoms with van der Waals surface area (Å²) < 4.78 is 42.3. The molecule has 1 aromatic carbocycles. The Morgan fingerprint density at radius 1 is 1.24 bits per heavy atom. The smallest absolute Gasteiger partial charge is 0.201 e. The lowest BCUT2D eigenvalue weighted by Gasteiger charge is -2.15. The van der Waals surface area contributed by atoms with Gasteiger partial charge in [0.25, 0.3) is 0 Å². The largest absolute Gasteiger partial charge is 0.212 e. The number of hydrogen-bond acceptors (Lipinski definition) is 0. The molecule has 0 saturated heterocycles. The Labute approximate surface area is 135 Å². The van der Waals surface area contributed by atoms with Gasteiger partial charge in [0.2, 0.25) is 5.69 Å². The van der Waals surface area contributed by atoms with Gasteiger partial charge in [0.05, 0.1) is 5.56 Å². The fourth-order valence-electron chi connectivity index (χ4n) is 3.29. The summed E-state index contributed by atoms with van der Waals surface area (Å²) in [5, 5.41) is 0. The molecule has 2 aromatic rings. The highest BCUT2D eigenvalue weighted by Crippen LogP contribution is 2.32. The van der Waals surface area contributed by atoms with E-state index >= 15 is 0 Å². The maximum atomic E-state index is 8.83. The monoisotopic (exact) mass is 285 g/mol. The van der Waals surface area contributed by atoms with Crippen molar-refractivity contribution in [3.8, 4) is 11.3 Å². The van der Waals surface area contributed by atoms with Gasteiger partial charge in [-0.2, -0.15) is 0 Å². The van der Waals surface area contributed by atoms with E-state index in [0.717, 1.165) is 42.5 Å². The molecule has 1 aliphatic carbocycles. The number of rotatable bonds is 3. The maximum Gasteiger partial charge on any atom is 0.212 e. The second-order valence-corrected chi connectivity index (χ2v) is 6.04. The van der Waals surface area contributed by atoms with Crippen LogP contribution in [-0.2, 0) is 13.4 Å². The van der Waals surface area contributed by atoms with E-state index < -0.39 is 13.2 Å². The molecule has 0 radical (unpaired) electrons. The highest BCUT2D eigenvalue weighted by atomic mass is 14.9. The van der Waals surface area contributed by atoms with Gasteiger partial charge < -0.3 is 0 Å². The summed E-state index contributed by atoms with van der Waals surface area (Å²) in [6, 6.07) is 9.22. The Kier molecular flexibility index (Phi) is 2.69. The lowest BCUT2D eigenvalue weighted by Crippen LogP contribution is -2.31. The Morgan fingerprint density at radius 2 is 2.05 bits per heavy atom. The first-order chi connectivity index (χ1) is 12.1. The van der Waals surface area contributed by atoms with E-state index in [2.05, 4.69) is 0 Å². The quantitative estimate of drug-likeness (QED) is 0.730. The van der Waals surface area contributed by atoms with Gasteiger partial charge in [-0.05, 0) is 43.3 Å². The van der Waals surface area contributed by atoms with Crippen molar-refractivity contribution in [2.75, 3.05) is 0 Å². The zero-order valence-electron chi connectivity index (χ0n) is 17.8. The van der Waals surface area contributed by atoms with Crippen molar-refractivity contribution < 1.29 is 11.4 Å². The van der Waals surface area contributed by atoms with Crippen LogP contribution in [-0.4, -0.2) is 0 Å². The molecule has 0 amide bonds. The first-order valence-electron chi connectivity index (χ1n) is 10.2. The molecule has 0 spiro atoms. The second-order valence-electron chi connectivity index (χ2n) is 6.04. The van der Waals surface area contributed by atoms with Gasteiger partial charge in [-0.25, -0.2) is 4.57 Å². The van der Waals surface area contributed by atoms with Crippen LogP contribution in [0.5, 0.6) is 0 Å². The minimum Gasteiger partial charge on any atom is -0.201 e. The van der Waals surface area contributed by atoms with E-state index in [1.54, 1.807) is 22.9 Å². The van der Waals surface area contributed by atoms with Crippen LogP contribution in [0.25, 0.3) is 11.3 Å². The number of aryl methyl sites for hydroxylation is 3. The topological polar surface area (TPSA) is 3.88 Å². The van der Waals surface area contributed by atoms with Crippen LogP contribution in [0.2, 0.25) is 0 Å². The summed E-state index contributed by atoms with van der Waals surface area (Å²) in [6.07, 6.45) is 4.25. The van der Waals surface area contributed by atoms with Gasteiger partial charge in [-0.15, -0.1) is 0 Å². The molecule has 1 aliphatic rings. The highest BCUT2D eigenvalue weighted by molar-refractivity contribution is 5.65. The van der Waals surface area contributed by atoms with Gasteiger partial charge in [-0.1, -0.05) is 43.9 Å². The van der Waals surface area contributed by atoms with Gasteiger partial charge in [0.15, 0.2) is 6.20 Å². The third-order valence-electron chi connectivity index (χ3n) is 4.38. The summed E-state index contributed by atoms with van der Waals surface area (Å²) in [5.41, 5.74) is 3.72. The molecule has 0 aliphatic heterocycles. The first kappa shape index (κ1) is 9.40. The van der Waals surface area contributed by atoms with Crippen molar-refractivity contribution in [3.63, 3.8) is 0 Å². The summed E-state index contributed by atoms with van der Waals surface area (Å²) >= 11 is 0. The number of aromatic nitrogens is 1. The lowest BCUT2D eigenvalue weighted by molar-refractivity contribution is -0.660. The zero-order valence-corrected chi connectivity index (χ0v) is 12.8. The standard InChI is InChI=1S/C20H26N/c1-15-11-12-19(21(3)14-15)20-16(2)7-6-10-18(20)13-17-8-4-5-9-17/h6-7,10-12,14,17H,4-5,8-9,13H2,1-3H3/q+1/i1D3,13D2. The van der Waals surface area contributed by atoms with Crippen molar-refractivity contribution >= 4 is 0 Å². The average molecular weight is 285 g/mol. The fraction of sp³-hybridized carbons (Fsp3) is 0.450. The van der Waals surface area contributed by atoms with Crippen LogP contribution in [0.4, 0.5) is 0 Å². The average Bonchev–Trinajstić information content (AvgIpc) is 3.09. The second kappa shape index (κ2) is 6.01. The third kappa shape index (κ3) is 3.02. The molecule has 1 aromatic heterocycles. The van der Waals surface area contributed by atoms with E-state index in [9.17, 15) is 0 Å². The van der Waals surface area contributed by atoms with E-state index in [-0.39, 0.29) is 11.5 Å². The van der Waals surface area contributed by atoms with Crippen molar-refractivity contribution in [1.82, 2.24) is 0 Å². The van der Waals surface area contributed by atoms with Gasteiger partial charge >= 0.3 is 0 Å². The van der Waals surface area contributed by atoms with Crippen LogP contribution < -0.4 is 4.57 Å². The van der Waals surface area contributed by atoms with E-state index in [1.807, 2.05) is 32.2 Å². The van der Waals surface area contributed by atoms with E-state index in [1.165, 1.54) is 0 Å². The summed E-state index contributed by atoms with van der Waals surface area (Å²) in [6.45, 7) is -0.162. The number of pyridine rings is 1. The molecule has 110 valence electrons. The zero-order chi connectivity index (χ0) is 19.1. The number of hydrogen-bond donors (Lipinski definition) is 0. The lowest BCUT2D eigenvalue weighted by atomic mass is 9.90. The number of nitrogens with zero attached hydrogens (tertiary/aromatic N) is 1. The van der Waals surface area contributed by atoms with E-state index in [0.29, 0.717) is 5.56 Å². The van der Waals surface area contributed by atoms with Gasteiger partial charge in [0, 0.05) is 18.5 Å². The molecule has 0 bridgehead atoms. The molecule has 0 N–H and O–H groups in total. The van der Waals surface area contributed by atoms with Crippen molar-refractivity contribution in [2.45, 2.75) is 45.8 Å². The molecule has 1 heteroatoms. The molecule has 1 heterocycles. The first-order valence-corrected chi connectivity index (χ1v) is 7.73. The molecule has 3 rings (SSSR count). The molecule has 0 atom stereocenters. The Bertz CT molecular complexity index is 804. The van der Waals surface area contributed by atoms with Gasteiger partial charge in [-0.3, -0.25) is 0 Å². The van der Waals surface area contributed by atoms with Crippen LogP contribution in [0.3, 0.4) is 0 Å². The van der Waals surface area contributed by atoms with Crippen molar-refractivity contribution in [3.05, 3.63) is 53.2 Å². The SMILES string of the molecule is [2H]C([2H])([2H])c1ccc(-c2c(C)cccc2C([2H])([2H])C2CCCC2)[n+](C)c1. The van der Waals surface area contributed by atoms with Crippen LogP contribution >= 0.6 is 0 Å². The predicted octanol–water partition coefficient (Wildman–Crippen LogP) is 4.53. The fourth-order valence-corrected chi connectivity index (χ4v) is 3.29. The molecule has 21 heavy (non-hydrogen) atoms. The summed E-state index contributed by atoms with van der Waals surface area (Å²) in [5.74, 6) is 0.0370. The number of benzene rings is 1. The molecule has 1 saturated carbocycles. The Balaban J connectivity index is 2.14. The molecule has 0 unspecified atom stereocenters. The maximum absolute atomic E-state index is 8.83. The molecular weight excluding hydrogens is 254 g/mol. The minimum absolute atomic E-state index is 0.0370. The van der Waals surface area contributed by atoms with E-state index in [4.69, 9.17) is 6.85 Å². The highest BCUT2D eigenvalue weighted by Gasteiger charge is 2.21. The van der Waals surface area contributed by atoms with Crippen LogP contribution in [0.1, 0.15) is 49.2 Å². The Morgan fingerprint density at radius 3 is 2.76 bits per heavy atom. The molecule has 1 fully saturated rings. The molecular formula is C20H26N+. The molecule has 1 nitrogen and oxygen atoms in total. The summed E-state index contributed by atoms with van der Waals surface area (Å²) in [4.78, 5) is 0. The Hall–Kier alpha value is -1.63. The summed E-state index contributed by atoms with van der Waals surface area (Å²) in [7, 11) is 1.83. The minimum atomic E-state index is -2.15. The van der Waals surface area contributed by atoms with Gasteiger partial charge in [0.1, 0.15) is 7.05 Å². The van der Waals surface area contributed by atoms with Crippen LogP contribution in [0, 0.1) is 19.7 Å². The normalized spacial score (nSPS) is 20.4. The third-order valence-corrected chi connectivity index (χ3v) is 4.38.